The molecule has 0 saturated carbocycles. The Morgan fingerprint density at radius 3 is 2.67 bits per heavy atom. The van der Waals surface area contributed by atoms with Gasteiger partial charge in [0, 0.05) is 11.9 Å². The van der Waals surface area contributed by atoms with Crippen molar-refractivity contribution in [3.05, 3.63) is 54.4 Å². The Hall–Kier alpha value is -2.47. The van der Waals surface area contributed by atoms with E-state index in [1.54, 1.807) is 20.2 Å². The molecule has 108 valence electrons. The predicted molar refractivity (Wildman–Crippen MR) is 74.7 cm³/mol. The maximum Gasteiger partial charge on any atom is 0.368 e. The van der Waals surface area contributed by atoms with Crippen LogP contribution in [0.1, 0.15) is 6.92 Å². The van der Waals surface area contributed by atoms with Gasteiger partial charge in [-0.05, 0) is 38.2 Å². The van der Waals surface area contributed by atoms with E-state index in [2.05, 4.69) is 0 Å². The number of rotatable bonds is 2. The Bertz CT molecular complexity index is 695. The van der Waals surface area contributed by atoms with Gasteiger partial charge in [0.1, 0.15) is 23.8 Å². The van der Waals surface area contributed by atoms with E-state index >= 15 is 0 Å². The zero-order chi connectivity index (χ0) is 14.8. The van der Waals surface area contributed by atoms with Crippen LogP contribution in [0.25, 0.3) is 0 Å². The van der Waals surface area contributed by atoms with Crippen LogP contribution in [0.2, 0.25) is 0 Å². The van der Waals surface area contributed by atoms with Crippen molar-refractivity contribution in [1.82, 2.24) is 4.90 Å². The van der Waals surface area contributed by atoms with Gasteiger partial charge in [0.15, 0.2) is 0 Å². The predicted octanol–water partition coefficient (Wildman–Crippen LogP) is 1.90. The molecule has 0 radical (unpaired) electrons. The van der Waals surface area contributed by atoms with E-state index in [4.69, 9.17) is 9.57 Å². The highest BCUT2D eigenvalue weighted by Gasteiger charge is 2.59. The number of hydroxylamine groups is 3. The van der Waals surface area contributed by atoms with Gasteiger partial charge in [-0.1, -0.05) is 0 Å². The third-order valence-corrected chi connectivity index (χ3v) is 4.07. The highest BCUT2D eigenvalue weighted by Crippen LogP contribution is 2.52. The smallest absolute Gasteiger partial charge is 0.368 e. The molecule has 4 rings (SSSR count). The second-order valence-corrected chi connectivity index (χ2v) is 5.21. The van der Waals surface area contributed by atoms with Gasteiger partial charge in [-0.15, -0.1) is 4.65 Å². The Kier molecular flexibility index (Phi) is 2.22. The molecule has 0 aliphatic carbocycles. The van der Waals surface area contributed by atoms with Crippen LogP contribution in [-0.2, 0) is 9.63 Å². The number of amides is 1. The highest BCUT2D eigenvalue weighted by atomic mass is 16.8. The minimum absolute atomic E-state index is 0.0367. The van der Waals surface area contributed by atoms with Gasteiger partial charge in [-0.3, -0.25) is 0 Å². The zero-order valence-electron chi connectivity index (χ0n) is 12.0. The van der Waals surface area contributed by atoms with E-state index in [0.29, 0.717) is 11.5 Å². The van der Waals surface area contributed by atoms with Gasteiger partial charge in [0.25, 0.3) is 0 Å². The summed E-state index contributed by atoms with van der Waals surface area (Å²) in [6.45, 7) is 1.79. The molecule has 3 heterocycles. The Balaban J connectivity index is 1.75. The van der Waals surface area contributed by atoms with Gasteiger partial charge < -0.3 is 19.4 Å². The van der Waals surface area contributed by atoms with Crippen molar-refractivity contribution in [1.29, 1.82) is 0 Å². The first-order chi connectivity index (χ1) is 10.1. The van der Waals surface area contributed by atoms with Crippen molar-refractivity contribution >= 4 is 11.6 Å². The van der Waals surface area contributed by atoms with E-state index in [1.165, 1.54) is 0 Å². The molecule has 1 atom stereocenters. The fraction of sp³-hybridized carbons (Fsp3) is 0.200. The summed E-state index contributed by atoms with van der Waals surface area (Å²) in [5.41, 5.74) is 1.61. The van der Waals surface area contributed by atoms with E-state index in [0.717, 1.165) is 17.7 Å². The van der Waals surface area contributed by atoms with Crippen LogP contribution in [0.15, 0.2) is 48.1 Å². The lowest BCUT2D eigenvalue weighted by Crippen LogP contribution is -2.51. The first-order valence-corrected chi connectivity index (χ1v) is 6.66. The average molecular weight is 285 g/mol. The number of quaternary nitrogens is 1. The van der Waals surface area contributed by atoms with Gasteiger partial charge in [-0.2, -0.15) is 0 Å². The number of methoxy groups -OCH3 is 1. The maximum absolute atomic E-state index is 12.4. The highest BCUT2D eigenvalue weighted by molar-refractivity contribution is 5.91. The fourth-order valence-electron chi connectivity index (χ4n) is 3.00. The number of hydrogen-bond acceptors (Lipinski definition) is 5. The van der Waals surface area contributed by atoms with Gasteiger partial charge >= 0.3 is 5.91 Å². The maximum atomic E-state index is 12.4. The molecule has 6 nitrogen and oxygen atoms in total. The largest absolute Gasteiger partial charge is 0.497 e. The Labute approximate surface area is 122 Å². The minimum Gasteiger partial charge on any atom is -0.497 e. The topological polar surface area (TPSA) is 42.0 Å². The van der Waals surface area contributed by atoms with Crippen LogP contribution in [0.4, 0.5) is 5.69 Å². The number of nitrogens with zero attached hydrogens (tertiary/aromatic N) is 3. The molecule has 6 heteroatoms. The summed E-state index contributed by atoms with van der Waals surface area (Å²) >= 11 is 0. The molecule has 1 spiro atoms. The lowest BCUT2D eigenvalue weighted by atomic mass is 10.2. The van der Waals surface area contributed by atoms with Gasteiger partial charge in [0.2, 0.25) is 5.88 Å². The van der Waals surface area contributed by atoms with Crippen molar-refractivity contribution in [2.75, 3.05) is 19.1 Å². The summed E-state index contributed by atoms with van der Waals surface area (Å²) in [5, 5.41) is 0. The number of ether oxygens (including phenoxy) is 1. The molecule has 2 bridgehead atoms. The van der Waals surface area contributed by atoms with Gasteiger partial charge in [-0.25, -0.2) is 4.79 Å². The number of anilines is 1. The SMILES string of the molecule is COc1ccc(N2C=C[N+]34OC(=C(C)C3=O)N(C)[C-]24)cc1. The Morgan fingerprint density at radius 1 is 1.29 bits per heavy atom. The van der Waals surface area contributed by atoms with E-state index in [-0.39, 0.29) is 10.6 Å². The van der Waals surface area contributed by atoms with E-state index in [9.17, 15) is 4.79 Å². The number of benzene rings is 1. The van der Waals surface area contributed by atoms with Crippen LogP contribution in [0.3, 0.4) is 0 Å². The quantitative estimate of drug-likeness (QED) is 0.613. The number of hydrogen-bond donors (Lipinski definition) is 0. The summed E-state index contributed by atoms with van der Waals surface area (Å²) in [4.78, 5) is 22.1. The van der Waals surface area contributed by atoms with Crippen LogP contribution >= 0.6 is 0 Å². The molecule has 1 amide bonds. The normalized spacial score (nSPS) is 26.7. The molecule has 1 aromatic carbocycles. The molecule has 1 unspecified atom stereocenters. The van der Waals surface area contributed by atoms with Crippen molar-refractivity contribution in [2.45, 2.75) is 6.92 Å². The lowest BCUT2D eigenvalue weighted by Gasteiger charge is -2.43. The summed E-state index contributed by atoms with van der Waals surface area (Å²) < 4.78 is 4.97. The van der Waals surface area contributed by atoms with E-state index in [1.807, 2.05) is 47.3 Å². The van der Waals surface area contributed by atoms with E-state index < -0.39 is 0 Å². The molecule has 0 aromatic heterocycles. The molecule has 3 aliphatic rings. The summed E-state index contributed by atoms with van der Waals surface area (Å²) in [6, 6.07) is 7.68. The van der Waals surface area contributed by atoms with Gasteiger partial charge in [0.05, 0.1) is 7.11 Å². The molecular weight excluding hydrogens is 270 g/mol. The lowest BCUT2D eigenvalue weighted by molar-refractivity contribution is -0.962. The van der Waals surface area contributed by atoms with Crippen molar-refractivity contribution in [3.8, 4) is 5.75 Å². The van der Waals surface area contributed by atoms with Crippen LogP contribution in [0, 0.1) is 6.29 Å². The number of carbonyl (C=O) groups excluding carboxylic acids is 1. The monoisotopic (exact) mass is 285 g/mol. The van der Waals surface area contributed by atoms with Crippen LogP contribution in [-0.4, -0.2) is 29.6 Å². The second-order valence-electron chi connectivity index (χ2n) is 5.21. The molecular formula is C15H15N3O3. The minimum atomic E-state index is -0.205. The first kappa shape index (κ1) is 12.3. The van der Waals surface area contributed by atoms with Crippen molar-refractivity contribution in [3.63, 3.8) is 0 Å². The third kappa shape index (κ3) is 1.32. The zero-order valence-corrected chi connectivity index (χ0v) is 12.0. The summed E-state index contributed by atoms with van der Waals surface area (Å²) in [6.07, 6.45) is 4.40. The fourth-order valence-corrected chi connectivity index (χ4v) is 3.00. The summed E-state index contributed by atoms with van der Waals surface area (Å²) in [7, 11) is 3.54. The molecule has 1 saturated heterocycles. The standard InChI is InChI=1S/C15H15N3O3/c1-10-13-16(2)15-17(8-9-18(15,21-13)14(10)19)11-4-6-12(20-3)7-5-11/h4-9H,1-3H3. The molecule has 21 heavy (non-hydrogen) atoms. The van der Waals surface area contributed by atoms with Crippen molar-refractivity contribution < 1.29 is 19.0 Å². The first-order valence-electron chi connectivity index (χ1n) is 6.66. The molecule has 0 N–H and O–H groups in total. The third-order valence-electron chi connectivity index (χ3n) is 4.07. The Morgan fingerprint density at radius 2 is 2.00 bits per heavy atom. The van der Waals surface area contributed by atoms with Crippen LogP contribution in [0.5, 0.6) is 5.75 Å². The molecule has 3 aliphatic heterocycles. The average Bonchev–Trinajstić information content (AvgIpc) is 3.10. The van der Waals surface area contributed by atoms with Crippen LogP contribution < -0.4 is 9.64 Å². The van der Waals surface area contributed by atoms with Crippen molar-refractivity contribution in [2.24, 2.45) is 0 Å². The summed E-state index contributed by atoms with van der Waals surface area (Å²) in [5.74, 6) is 1.38. The second kappa shape index (κ2) is 3.79. The molecule has 1 aromatic rings. The number of carbonyl (C=O) groups is 1. The molecule has 1 fully saturated rings. The number of fused-ring (bicyclic) bond motifs is 1.